The highest BCUT2D eigenvalue weighted by Crippen LogP contribution is 2.24. The van der Waals surface area contributed by atoms with E-state index in [2.05, 4.69) is 11.8 Å². The van der Waals surface area contributed by atoms with Crippen molar-refractivity contribution >= 4 is 5.91 Å². The zero-order chi connectivity index (χ0) is 14.6. The van der Waals surface area contributed by atoms with Gasteiger partial charge in [-0.25, -0.2) is 0 Å². The zero-order valence-corrected chi connectivity index (χ0v) is 12.2. The topological polar surface area (TPSA) is 72.3 Å². The van der Waals surface area contributed by atoms with E-state index in [0.29, 0.717) is 12.6 Å². The van der Waals surface area contributed by atoms with Crippen molar-refractivity contribution in [2.24, 2.45) is 11.5 Å². The molecule has 20 heavy (non-hydrogen) atoms. The van der Waals surface area contributed by atoms with Gasteiger partial charge in [-0.15, -0.1) is 0 Å². The Morgan fingerprint density at radius 3 is 2.65 bits per heavy atom. The van der Waals surface area contributed by atoms with Gasteiger partial charge < -0.3 is 11.5 Å². The second-order valence-corrected chi connectivity index (χ2v) is 5.87. The van der Waals surface area contributed by atoms with Gasteiger partial charge in [-0.1, -0.05) is 43.2 Å². The van der Waals surface area contributed by atoms with E-state index in [1.54, 1.807) is 0 Å². The van der Waals surface area contributed by atoms with E-state index in [-0.39, 0.29) is 0 Å². The Balaban J connectivity index is 2.23. The summed E-state index contributed by atoms with van der Waals surface area (Å²) in [7, 11) is 0. The largest absolute Gasteiger partial charge is 0.368 e. The summed E-state index contributed by atoms with van der Waals surface area (Å²) in [6.45, 7) is 3.69. The highest BCUT2D eigenvalue weighted by molar-refractivity contribution is 5.86. The van der Waals surface area contributed by atoms with Gasteiger partial charge in [0.15, 0.2) is 0 Å². The van der Waals surface area contributed by atoms with Gasteiger partial charge in [0, 0.05) is 12.6 Å². The van der Waals surface area contributed by atoms with Crippen LogP contribution in [0.5, 0.6) is 0 Å². The molecule has 1 heterocycles. The van der Waals surface area contributed by atoms with Crippen LogP contribution in [-0.4, -0.2) is 29.9 Å². The lowest BCUT2D eigenvalue weighted by Crippen LogP contribution is -2.57. The third-order valence-electron chi connectivity index (χ3n) is 4.37. The molecular weight excluding hydrogens is 250 g/mol. The predicted molar refractivity (Wildman–Crippen MR) is 81.0 cm³/mol. The second-order valence-electron chi connectivity index (χ2n) is 5.87. The number of carbonyl (C=O) groups excluding carboxylic acids is 1. The minimum atomic E-state index is -1.11. The SMILES string of the molecule is CC1CCCCCN1CC(N)(C(N)=O)c1ccccc1. The Morgan fingerprint density at radius 1 is 1.30 bits per heavy atom. The molecule has 4 heteroatoms. The van der Waals surface area contributed by atoms with Crippen LogP contribution in [0.2, 0.25) is 0 Å². The van der Waals surface area contributed by atoms with Crippen LogP contribution >= 0.6 is 0 Å². The van der Waals surface area contributed by atoms with Crippen molar-refractivity contribution in [2.45, 2.75) is 44.2 Å². The Kier molecular flexibility index (Phi) is 4.78. The van der Waals surface area contributed by atoms with Crippen LogP contribution in [0.15, 0.2) is 30.3 Å². The van der Waals surface area contributed by atoms with Gasteiger partial charge in [-0.2, -0.15) is 0 Å². The maximum atomic E-state index is 12.0. The van der Waals surface area contributed by atoms with E-state index in [4.69, 9.17) is 11.5 Å². The minimum Gasteiger partial charge on any atom is -0.368 e. The fraction of sp³-hybridized carbons (Fsp3) is 0.562. The van der Waals surface area contributed by atoms with Crippen molar-refractivity contribution in [2.75, 3.05) is 13.1 Å². The number of hydrogen-bond acceptors (Lipinski definition) is 3. The number of rotatable bonds is 4. The molecule has 1 saturated heterocycles. The zero-order valence-electron chi connectivity index (χ0n) is 12.2. The van der Waals surface area contributed by atoms with Crippen LogP contribution in [-0.2, 0) is 10.3 Å². The quantitative estimate of drug-likeness (QED) is 0.876. The lowest BCUT2D eigenvalue weighted by Gasteiger charge is -2.36. The number of benzene rings is 1. The van der Waals surface area contributed by atoms with Crippen molar-refractivity contribution in [3.8, 4) is 0 Å². The first-order chi connectivity index (χ1) is 9.54. The standard InChI is InChI=1S/C16H25N3O/c1-13-8-4-3-7-11-19(13)12-16(18,15(17)20)14-9-5-2-6-10-14/h2,5-6,9-10,13H,3-4,7-8,11-12,18H2,1H3,(H2,17,20). The number of amides is 1. The Labute approximate surface area is 121 Å². The molecule has 1 aliphatic heterocycles. The van der Waals surface area contributed by atoms with E-state index in [1.165, 1.54) is 12.8 Å². The smallest absolute Gasteiger partial charge is 0.243 e. The van der Waals surface area contributed by atoms with E-state index in [0.717, 1.165) is 24.9 Å². The first kappa shape index (κ1) is 15.0. The summed E-state index contributed by atoms with van der Waals surface area (Å²) in [5.41, 5.74) is 11.7. The molecule has 110 valence electrons. The van der Waals surface area contributed by atoms with Crippen molar-refractivity contribution in [3.63, 3.8) is 0 Å². The summed E-state index contributed by atoms with van der Waals surface area (Å²) in [6.07, 6.45) is 4.81. The first-order valence-corrected chi connectivity index (χ1v) is 7.42. The van der Waals surface area contributed by atoms with Crippen LogP contribution in [0.25, 0.3) is 0 Å². The molecule has 1 aromatic carbocycles. The normalized spacial score (nSPS) is 23.8. The lowest BCUT2D eigenvalue weighted by molar-refractivity contribution is -0.124. The molecule has 0 bridgehead atoms. The third-order valence-corrected chi connectivity index (χ3v) is 4.37. The van der Waals surface area contributed by atoms with Crippen molar-refractivity contribution in [3.05, 3.63) is 35.9 Å². The molecule has 2 unspecified atom stereocenters. The second kappa shape index (κ2) is 6.37. The van der Waals surface area contributed by atoms with E-state index < -0.39 is 11.4 Å². The first-order valence-electron chi connectivity index (χ1n) is 7.42. The Hall–Kier alpha value is -1.39. The van der Waals surface area contributed by atoms with Crippen LogP contribution in [0.1, 0.15) is 38.2 Å². The molecule has 1 aromatic rings. The van der Waals surface area contributed by atoms with Crippen molar-refractivity contribution in [1.82, 2.24) is 4.90 Å². The van der Waals surface area contributed by atoms with Gasteiger partial charge in [0.1, 0.15) is 5.54 Å². The molecule has 1 aliphatic rings. The minimum absolute atomic E-state index is 0.448. The monoisotopic (exact) mass is 275 g/mol. The van der Waals surface area contributed by atoms with Crippen LogP contribution in [0.3, 0.4) is 0 Å². The van der Waals surface area contributed by atoms with Gasteiger partial charge >= 0.3 is 0 Å². The third kappa shape index (κ3) is 3.19. The fourth-order valence-electron chi connectivity index (χ4n) is 2.94. The molecule has 1 fully saturated rings. The summed E-state index contributed by atoms with van der Waals surface area (Å²) >= 11 is 0. The van der Waals surface area contributed by atoms with E-state index in [1.807, 2.05) is 30.3 Å². The van der Waals surface area contributed by atoms with Gasteiger partial charge in [-0.05, 0) is 31.9 Å². The maximum Gasteiger partial charge on any atom is 0.243 e. The number of nitrogens with two attached hydrogens (primary N) is 2. The Bertz CT molecular complexity index is 448. The van der Waals surface area contributed by atoms with Crippen LogP contribution in [0, 0.1) is 0 Å². The molecule has 2 rings (SSSR count). The number of carbonyl (C=O) groups is 1. The molecule has 0 saturated carbocycles. The number of primary amides is 1. The average Bonchev–Trinajstić information content (AvgIpc) is 2.65. The lowest BCUT2D eigenvalue weighted by atomic mass is 9.89. The average molecular weight is 275 g/mol. The van der Waals surface area contributed by atoms with Crippen LogP contribution in [0.4, 0.5) is 0 Å². The summed E-state index contributed by atoms with van der Waals surface area (Å²) < 4.78 is 0. The summed E-state index contributed by atoms with van der Waals surface area (Å²) in [6, 6.07) is 9.92. The summed E-state index contributed by atoms with van der Waals surface area (Å²) in [5.74, 6) is -0.458. The van der Waals surface area contributed by atoms with Gasteiger partial charge in [0.25, 0.3) is 0 Å². The fourth-order valence-corrected chi connectivity index (χ4v) is 2.94. The van der Waals surface area contributed by atoms with Crippen molar-refractivity contribution < 1.29 is 4.79 Å². The molecule has 1 amide bonds. The predicted octanol–water partition coefficient (Wildman–Crippen LogP) is 1.59. The number of hydrogen-bond donors (Lipinski definition) is 2. The molecule has 4 nitrogen and oxygen atoms in total. The molecular formula is C16H25N3O. The van der Waals surface area contributed by atoms with Gasteiger partial charge in [0.05, 0.1) is 0 Å². The van der Waals surface area contributed by atoms with E-state index >= 15 is 0 Å². The maximum absolute atomic E-state index is 12.0. The number of nitrogens with zero attached hydrogens (tertiary/aromatic N) is 1. The molecule has 0 aromatic heterocycles. The molecule has 4 N–H and O–H groups in total. The van der Waals surface area contributed by atoms with Gasteiger partial charge in [0.2, 0.25) is 5.91 Å². The summed E-state index contributed by atoms with van der Waals surface area (Å²) in [5, 5.41) is 0. The molecule has 0 spiro atoms. The molecule has 0 aliphatic carbocycles. The Morgan fingerprint density at radius 2 is 2.00 bits per heavy atom. The number of likely N-dealkylation sites (tertiary alicyclic amines) is 1. The summed E-state index contributed by atoms with van der Waals surface area (Å²) in [4.78, 5) is 14.3. The highest BCUT2D eigenvalue weighted by Gasteiger charge is 2.37. The van der Waals surface area contributed by atoms with E-state index in [9.17, 15) is 4.79 Å². The highest BCUT2D eigenvalue weighted by atomic mass is 16.1. The van der Waals surface area contributed by atoms with Crippen LogP contribution < -0.4 is 11.5 Å². The van der Waals surface area contributed by atoms with Crippen molar-refractivity contribution in [1.29, 1.82) is 0 Å². The molecule has 2 atom stereocenters. The van der Waals surface area contributed by atoms with Gasteiger partial charge in [-0.3, -0.25) is 9.69 Å². The molecule has 0 radical (unpaired) electrons.